The first-order valence-corrected chi connectivity index (χ1v) is 11.6. The van der Waals surface area contributed by atoms with Crippen molar-refractivity contribution in [2.45, 2.75) is 57.6 Å². The second-order valence-electron chi connectivity index (χ2n) is 9.04. The number of hydrogen-bond acceptors (Lipinski definition) is 6. The van der Waals surface area contributed by atoms with Crippen molar-refractivity contribution in [2.75, 3.05) is 6.61 Å². The number of nitrogens with zero attached hydrogens (tertiary/aromatic N) is 4. The third kappa shape index (κ3) is 4.55. The minimum absolute atomic E-state index is 0.0538. The van der Waals surface area contributed by atoms with Crippen LogP contribution in [0.25, 0.3) is 22.3 Å². The average Bonchev–Trinajstić information content (AvgIpc) is 3.65. The quantitative estimate of drug-likeness (QED) is 0.543. The molecule has 1 saturated carbocycles. The lowest BCUT2D eigenvalue weighted by atomic mass is 9.89. The van der Waals surface area contributed by atoms with Crippen LogP contribution in [0.4, 0.5) is 8.78 Å². The molecule has 8 heteroatoms. The van der Waals surface area contributed by atoms with E-state index in [0.29, 0.717) is 35.8 Å². The minimum atomic E-state index is -0.680. The summed E-state index contributed by atoms with van der Waals surface area (Å²) in [7, 11) is 0. The summed E-state index contributed by atoms with van der Waals surface area (Å²) in [6.45, 7) is 4.29. The highest BCUT2D eigenvalue weighted by Gasteiger charge is 2.29. The van der Waals surface area contributed by atoms with Gasteiger partial charge in [0, 0.05) is 47.8 Å². The highest BCUT2D eigenvalue weighted by atomic mass is 19.1. The number of hydrogen-bond donors (Lipinski definition) is 1. The lowest BCUT2D eigenvalue weighted by molar-refractivity contribution is 0.0321. The van der Waals surface area contributed by atoms with Gasteiger partial charge >= 0.3 is 0 Å². The van der Waals surface area contributed by atoms with Crippen molar-refractivity contribution < 1.29 is 13.5 Å². The molecule has 6 nitrogen and oxygen atoms in total. The van der Waals surface area contributed by atoms with E-state index in [9.17, 15) is 8.78 Å². The molecule has 3 heterocycles. The van der Waals surface area contributed by atoms with Gasteiger partial charge in [0.1, 0.15) is 22.8 Å². The standard InChI is InChI=1S/C26H27F2N5O/c1-14-15(2)32-26-23(31-14)11-22(33-25(26)20-6-3-18(27)10-21(20)28)16-7-8-34-24(9-16)17(12-29)13-30-19-4-5-19/h3,6,10-13,16,19,24H,4-5,7-9,29H2,1-2H3/b17-12+,30-13?. The van der Waals surface area contributed by atoms with Gasteiger partial charge in [0.05, 0.1) is 29.1 Å². The molecular formula is C26H27F2N5O. The van der Waals surface area contributed by atoms with E-state index in [1.807, 2.05) is 26.1 Å². The van der Waals surface area contributed by atoms with Crippen LogP contribution in [-0.4, -0.2) is 39.9 Å². The summed E-state index contributed by atoms with van der Waals surface area (Å²) in [6.07, 6.45) is 6.86. The van der Waals surface area contributed by atoms with Crippen LogP contribution in [0.1, 0.15) is 48.7 Å². The number of benzene rings is 1. The Balaban J connectivity index is 1.56. The fourth-order valence-electron chi connectivity index (χ4n) is 4.27. The number of halogens is 2. The lowest BCUT2D eigenvalue weighted by Gasteiger charge is -2.30. The normalized spacial score (nSPS) is 21.5. The van der Waals surface area contributed by atoms with Crippen molar-refractivity contribution in [3.63, 3.8) is 0 Å². The summed E-state index contributed by atoms with van der Waals surface area (Å²) < 4.78 is 34.4. The molecule has 2 fully saturated rings. The van der Waals surface area contributed by atoms with Gasteiger partial charge in [-0.3, -0.25) is 4.99 Å². The molecule has 176 valence electrons. The predicted octanol–water partition coefficient (Wildman–Crippen LogP) is 4.93. The van der Waals surface area contributed by atoms with E-state index in [4.69, 9.17) is 20.4 Å². The van der Waals surface area contributed by atoms with Gasteiger partial charge in [-0.25, -0.2) is 23.7 Å². The first-order chi connectivity index (χ1) is 16.4. The van der Waals surface area contributed by atoms with Gasteiger partial charge in [0.15, 0.2) is 0 Å². The van der Waals surface area contributed by atoms with Gasteiger partial charge in [-0.1, -0.05) is 0 Å². The minimum Gasteiger partial charge on any atom is -0.404 e. The third-order valence-corrected chi connectivity index (χ3v) is 6.52. The number of aliphatic imine (C=N–C) groups is 1. The maximum absolute atomic E-state index is 14.8. The van der Waals surface area contributed by atoms with Crippen LogP contribution in [0.2, 0.25) is 0 Å². The van der Waals surface area contributed by atoms with Gasteiger partial charge in [-0.15, -0.1) is 0 Å². The van der Waals surface area contributed by atoms with Crippen molar-refractivity contribution in [3.05, 3.63) is 64.8 Å². The third-order valence-electron chi connectivity index (χ3n) is 6.52. The highest BCUT2D eigenvalue weighted by Crippen LogP contribution is 2.36. The topological polar surface area (TPSA) is 86.3 Å². The number of pyridine rings is 1. The van der Waals surface area contributed by atoms with Crippen molar-refractivity contribution >= 4 is 17.2 Å². The van der Waals surface area contributed by atoms with Crippen LogP contribution in [0.15, 0.2) is 41.0 Å². The smallest absolute Gasteiger partial charge is 0.135 e. The fraction of sp³-hybridized carbons (Fsp3) is 0.385. The van der Waals surface area contributed by atoms with Gasteiger partial charge < -0.3 is 10.5 Å². The van der Waals surface area contributed by atoms with Gasteiger partial charge in [0.2, 0.25) is 0 Å². The summed E-state index contributed by atoms with van der Waals surface area (Å²) in [6, 6.07) is 5.83. The van der Waals surface area contributed by atoms with Crippen molar-refractivity contribution in [1.29, 1.82) is 0 Å². The van der Waals surface area contributed by atoms with E-state index in [1.165, 1.54) is 12.1 Å². The van der Waals surface area contributed by atoms with Gasteiger partial charge in [-0.2, -0.15) is 0 Å². The van der Waals surface area contributed by atoms with E-state index in [2.05, 4.69) is 9.98 Å². The number of aryl methyl sites for hydroxylation is 2. The van der Waals surface area contributed by atoms with Gasteiger partial charge in [0.25, 0.3) is 0 Å². The zero-order valence-electron chi connectivity index (χ0n) is 19.3. The Kier molecular flexibility index (Phi) is 6.08. The lowest BCUT2D eigenvalue weighted by Crippen LogP contribution is -2.28. The van der Waals surface area contributed by atoms with E-state index < -0.39 is 11.6 Å². The largest absolute Gasteiger partial charge is 0.404 e. The maximum Gasteiger partial charge on any atom is 0.135 e. The Bertz CT molecular complexity index is 1300. The molecule has 1 saturated heterocycles. The van der Waals surface area contributed by atoms with Crippen molar-refractivity contribution in [1.82, 2.24) is 15.0 Å². The number of nitrogens with two attached hydrogens (primary N) is 1. The Labute approximate surface area is 197 Å². The molecule has 2 N–H and O–H groups in total. The van der Waals surface area contributed by atoms with Crippen LogP contribution in [-0.2, 0) is 4.74 Å². The number of ether oxygens (including phenoxy) is 1. The summed E-state index contributed by atoms with van der Waals surface area (Å²) in [5.74, 6) is -1.26. The van der Waals surface area contributed by atoms with Gasteiger partial charge in [-0.05, 0) is 57.7 Å². The average molecular weight is 464 g/mol. The van der Waals surface area contributed by atoms with Crippen LogP contribution in [0, 0.1) is 25.5 Å². The molecule has 0 bridgehead atoms. The van der Waals surface area contributed by atoms with E-state index in [-0.39, 0.29) is 17.6 Å². The molecule has 2 atom stereocenters. The molecule has 2 aromatic heterocycles. The number of aromatic nitrogens is 3. The van der Waals surface area contributed by atoms with E-state index >= 15 is 0 Å². The van der Waals surface area contributed by atoms with Crippen LogP contribution >= 0.6 is 0 Å². The first-order valence-electron chi connectivity index (χ1n) is 11.6. The molecule has 34 heavy (non-hydrogen) atoms. The van der Waals surface area contributed by atoms with Crippen LogP contribution in [0.5, 0.6) is 0 Å². The van der Waals surface area contributed by atoms with E-state index in [1.54, 1.807) is 6.20 Å². The van der Waals surface area contributed by atoms with E-state index in [0.717, 1.165) is 48.0 Å². The zero-order chi connectivity index (χ0) is 23.8. The summed E-state index contributed by atoms with van der Waals surface area (Å²) in [5, 5.41) is 0. The Morgan fingerprint density at radius 3 is 2.62 bits per heavy atom. The van der Waals surface area contributed by atoms with Crippen LogP contribution in [0.3, 0.4) is 0 Å². The SMILES string of the molecule is Cc1nc2cc(C3CCOC(/C(C=NC4CC4)=C/N)C3)nc(-c3ccc(F)cc3F)c2nc1C. The highest BCUT2D eigenvalue weighted by molar-refractivity contribution is 5.89. The van der Waals surface area contributed by atoms with Crippen LogP contribution < -0.4 is 5.73 Å². The zero-order valence-corrected chi connectivity index (χ0v) is 19.3. The molecule has 5 rings (SSSR count). The number of fused-ring (bicyclic) bond motifs is 1. The first kappa shape index (κ1) is 22.5. The van der Waals surface area contributed by atoms with Crippen molar-refractivity contribution in [2.24, 2.45) is 10.7 Å². The molecule has 1 aliphatic heterocycles. The number of rotatable bonds is 5. The summed E-state index contributed by atoms with van der Waals surface area (Å²) in [5.41, 5.74) is 10.8. The fourth-order valence-corrected chi connectivity index (χ4v) is 4.27. The molecule has 2 unspecified atom stereocenters. The Morgan fingerprint density at radius 2 is 1.88 bits per heavy atom. The molecule has 1 aromatic carbocycles. The molecular weight excluding hydrogens is 436 g/mol. The molecule has 2 aliphatic rings. The summed E-state index contributed by atoms with van der Waals surface area (Å²) >= 11 is 0. The monoisotopic (exact) mass is 463 g/mol. The molecule has 0 spiro atoms. The summed E-state index contributed by atoms with van der Waals surface area (Å²) in [4.78, 5) is 18.8. The molecule has 0 radical (unpaired) electrons. The molecule has 3 aromatic rings. The Morgan fingerprint density at radius 1 is 1.09 bits per heavy atom. The van der Waals surface area contributed by atoms with Crippen molar-refractivity contribution in [3.8, 4) is 11.3 Å². The second-order valence-corrected chi connectivity index (χ2v) is 9.04. The molecule has 1 aliphatic carbocycles. The maximum atomic E-state index is 14.8. The molecule has 0 amide bonds. The predicted molar refractivity (Wildman–Crippen MR) is 128 cm³/mol. The second kappa shape index (κ2) is 9.18. The Hall–Kier alpha value is -3.26.